The average molecular weight is 373 g/mol. The molecule has 2 aromatic carbocycles. The fraction of sp³-hybridized carbons (Fsp3) is 0.174. The number of anilines is 1. The molecule has 142 valence electrons. The minimum absolute atomic E-state index is 0.229. The van der Waals surface area contributed by atoms with Crippen LogP contribution in [0.1, 0.15) is 33.5 Å². The number of carbonyl (C=O) groups is 2. The van der Waals surface area contributed by atoms with Gasteiger partial charge < -0.3 is 10.2 Å². The van der Waals surface area contributed by atoms with Gasteiger partial charge in [0.2, 0.25) is 0 Å². The van der Waals surface area contributed by atoms with Crippen molar-refractivity contribution in [1.82, 2.24) is 10.3 Å². The predicted molar refractivity (Wildman–Crippen MR) is 111 cm³/mol. The lowest BCUT2D eigenvalue weighted by molar-refractivity contribution is 0.0948. The van der Waals surface area contributed by atoms with E-state index >= 15 is 0 Å². The number of nitrogens with zero attached hydrogens (tertiary/aromatic N) is 2. The van der Waals surface area contributed by atoms with E-state index in [0.717, 1.165) is 17.7 Å². The van der Waals surface area contributed by atoms with Crippen LogP contribution in [-0.2, 0) is 6.42 Å². The zero-order valence-corrected chi connectivity index (χ0v) is 15.8. The molecular weight excluding hydrogens is 350 g/mol. The maximum Gasteiger partial charge on any atom is 0.276 e. The fourth-order valence-corrected chi connectivity index (χ4v) is 2.93. The zero-order valence-electron chi connectivity index (χ0n) is 15.8. The molecule has 0 fully saturated rings. The van der Waals surface area contributed by atoms with Gasteiger partial charge in [-0.3, -0.25) is 9.59 Å². The molecule has 1 aromatic heterocycles. The normalized spacial score (nSPS) is 10.3. The SMILES string of the molecule is CCN(C(=O)c1cccc(C(=O)NCCc2ccccc2)n1)c1ccccc1. The van der Waals surface area contributed by atoms with Crippen molar-refractivity contribution in [3.05, 3.63) is 95.8 Å². The molecule has 0 aliphatic rings. The second-order valence-corrected chi connectivity index (χ2v) is 6.28. The average Bonchev–Trinajstić information content (AvgIpc) is 2.76. The summed E-state index contributed by atoms with van der Waals surface area (Å²) in [5.74, 6) is -0.513. The van der Waals surface area contributed by atoms with Crippen LogP contribution in [0.15, 0.2) is 78.9 Å². The van der Waals surface area contributed by atoms with Crippen LogP contribution < -0.4 is 10.2 Å². The fourth-order valence-electron chi connectivity index (χ4n) is 2.93. The Balaban J connectivity index is 1.67. The van der Waals surface area contributed by atoms with Gasteiger partial charge >= 0.3 is 0 Å². The summed E-state index contributed by atoms with van der Waals surface area (Å²) in [6, 6.07) is 24.3. The molecular formula is C23H23N3O2. The number of rotatable bonds is 7. The first-order valence-corrected chi connectivity index (χ1v) is 9.35. The Hall–Kier alpha value is -3.47. The van der Waals surface area contributed by atoms with Crippen LogP contribution in [0.25, 0.3) is 0 Å². The van der Waals surface area contributed by atoms with Gasteiger partial charge in [0.15, 0.2) is 0 Å². The number of aromatic nitrogens is 1. The molecule has 0 saturated heterocycles. The highest BCUT2D eigenvalue weighted by molar-refractivity contribution is 6.05. The van der Waals surface area contributed by atoms with Crippen LogP contribution in [-0.4, -0.2) is 29.9 Å². The molecule has 0 spiro atoms. The van der Waals surface area contributed by atoms with Crippen molar-refractivity contribution >= 4 is 17.5 Å². The predicted octanol–water partition coefficient (Wildman–Crippen LogP) is 3.72. The van der Waals surface area contributed by atoms with Gasteiger partial charge in [0.25, 0.3) is 11.8 Å². The summed E-state index contributed by atoms with van der Waals surface area (Å²) in [5.41, 5.74) is 2.44. The number of nitrogens with one attached hydrogen (secondary N) is 1. The summed E-state index contributed by atoms with van der Waals surface area (Å²) >= 11 is 0. The zero-order chi connectivity index (χ0) is 19.8. The van der Waals surface area contributed by atoms with E-state index < -0.39 is 0 Å². The highest BCUT2D eigenvalue weighted by Crippen LogP contribution is 2.16. The Kier molecular flexibility index (Phi) is 6.52. The molecule has 28 heavy (non-hydrogen) atoms. The number of hydrogen-bond donors (Lipinski definition) is 1. The number of hydrogen-bond acceptors (Lipinski definition) is 3. The van der Waals surface area contributed by atoms with Crippen molar-refractivity contribution in [3.8, 4) is 0 Å². The number of pyridine rings is 1. The molecule has 0 radical (unpaired) electrons. The molecule has 0 bridgehead atoms. The van der Waals surface area contributed by atoms with Gasteiger partial charge in [-0.2, -0.15) is 0 Å². The highest BCUT2D eigenvalue weighted by Gasteiger charge is 2.18. The van der Waals surface area contributed by atoms with Gasteiger partial charge in [-0.05, 0) is 43.2 Å². The summed E-state index contributed by atoms with van der Waals surface area (Å²) in [4.78, 5) is 31.2. The molecule has 3 aromatic rings. The summed E-state index contributed by atoms with van der Waals surface area (Å²) in [6.45, 7) is 2.93. The van der Waals surface area contributed by atoms with Crippen molar-refractivity contribution in [2.45, 2.75) is 13.3 Å². The number of para-hydroxylation sites is 1. The summed E-state index contributed by atoms with van der Waals surface area (Å²) in [5, 5.41) is 2.86. The highest BCUT2D eigenvalue weighted by atomic mass is 16.2. The monoisotopic (exact) mass is 373 g/mol. The molecule has 5 heteroatoms. The molecule has 2 amide bonds. The molecule has 5 nitrogen and oxygen atoms in total. The quantitative estimate of drug-likeness (QED) is 0.687. The maximum absolute atomic E-state index is 12.9. The standard InChI is InChI=1S/C23H23N3O2/c1-2-26(19-12-7-4-8-13-19)23(28)21-15-9-14-20(25-21)22(27)24-17-16-18-10-5-3-6-11-18/h3-15H,2,16-17H2,1H3,(H,24,27). The maximum atomic E-state index is 12.9. The molecule has 0 unspecified atom stereocenters. The number of carbonyl (C=O) groups excluding carboxylic acids is 2. The molecule has 0 aliphatic carbocycles. The van der Waals surface area contributed by atoms with Crippen molar-refractivity contribution in [2.24, 2.45) is 0 Å². The second kappa shape index (κ2) is 9.46. The van der Waals surface area contributed by atoms with Crippen molar-refractivity contribution in [2.75, 3.05) is 18.0 Å². The van der Waals surface area contributed by atoms with Gasteiger partial charge in [-0.15, -0.1) is 0 Å². The van der Waals surface area contributed by atoms with Crippen LogP contribution in [0.2, 0.25) is 0 Å². The van der Waals surface area contributed by atoms with Crippen LogP contribution in [0.3, 0.4) is 0 Å². The first kappa shape index (κ1) is 19.3. The third-order valence-corrected chi connectivity index (χ3v) is 4.37. The molecule has 0 saturated carbocycles. The van der Waals surface area contributed by atoms with E-state index in [4.69, 9.17) is 0 Å². The summed E-state index contributed by atoms with van der Waals surface area (Å²) < 4.78 is 0. The van der Waals surface area contributed by atoms with E-state index in [2.05, 4.69) is 10.3 Å². The Morgan fingerprint density at radius 2 is 1.50 bits per heavy atom. The van der Waals surface area contributed by atoms with Gasteiger partial charge in [0.1, 0.15) is 11.4 Å². The van der Waals surface area contributed by atoms with Gasteiger partial charge in [0, 0.05) is 18.8 Å². The smallest absolute Gasteiger partial charge is 0.276 e. The van der Waals surface area contributed by atoms with E-state index in [9.17, 15) is 9.59 Å². The molecule has 3 rings (SSSR count). The Morgan fingerprint density at radius 1 is 0.857 bits per heavy atom. The van der Waals surface area contributed by atoms with Crippen LogP contribution >= 0.6 is 0 Å². The van der Waals surface area contributed by atoms with Crippen LogP contribution in [0, 0.1) is 0 Å². The van der Waals surface area contributed by atoms with Gasteiger partial charge in [-0.25, -0.2) is 4.98 Å². The van der Waals surface area contributed by atoms with Crippen molar-refractivity contribution in [1.29, 1.82) is 0 Å². The Morgan fingerprint density at radius 3 is 2.18 bits per heavy atom. The summed E-state index contributed by atoms with van der Waals surface area (Å²) in [6.07, 6.45) is 0.739. The molecule has 1 heterocycles. The lowest BCUT2D eigenvalue weighted by Gasteiger charge is -2.20. The van der Waals surface area contributed by atoms with Gasteiger partial charge in [0.05, 0.1) is 0 Å². The van der Waals surface area contributed by atoms with Gasteiger partial charge in [-0.1, -0.05) is 54.6 Å². The lowest BCUT2D eigenvalue weighted by Crippen LogP contribution is -2.32. The van der Waals surface area contributed by atoms with E-state index in [-0.39, 0.29) is 23.2 Å². The third-order valence-electron chi connectivity index (χ3n) is 4.37. The molecule has 0 aliphatic heterocycles. The molecule has 0 atom stereocenters. The third kappa shape index (κ3) is 4.82. The Labute approximate surface area is 165 Å². The first-order chi connectivity index (χ1) is 13.7. The van der Waals surface area contributed by atoms with Crippen molar-refractivity contribution in [3.63, 3.8) is 0 Å². The topological polar surface area (TPSA) is 62.3 Å². The summed E-state index contributed by atoms with van der Waals surface area (Å²) in [7, 11) is 0. The molecule has 1 N–H and O–H groups in total. The van der Waals surface area contributed by atoms with Crippen molar-refractivity contribution < 1.29 is 9.59 Å². The largest absolute Gasteiger partial charge is 0.350 e. The second-order valence-electron chi connectivity index (χ2n) is 6.28. The minimum Gasteiger partial charge on any atom is -0.350 e. The van der Waals surface area contributed by atoms with Crippen LogP contribution in [0.5, 0.6) is 0 Å². The minimum atomic E-state index is -0.284. The first-order valence-electron chi connectivity index (χ1n) is 9.35. The number of benzene rings is 2. The van der Waals surface area contributed by atoms with Crippen LogP contribution in [0.4, 0.5) is 5.69 Å². The van der Waals surface area contributed by atoms with E-state index in [1.807, 2.05) is 67.6 Å². The van der Waals surface area contributed by atoms with E-state index in [1.54, 1.807) is 23.1 Å². The van der Waals surface area contributed by atoms with E-state index in [1.165, 1.54) is 0 Å². The van der Waals surface area contributed by atoms with E-state index in [0.29, 0.717) is 13.1 Å². The number of amides is 2. The Bertz CT molecular complexity index is 927. The lowest BCUT2D eigenvalue weighted by atomic mass is 10.1.